The summed E-state index contributed by atoms with van der Waals surface area (Å²) in [5.74, 6) is 0. The molecule has 7 aromatic rings. The highest BCUT2D eigenvalue weighted by Gasteiger charge is 2.32. The van der Waals surface area contributed by atoms with E-state index in [1.54, 1.807) is 0 Å². The third-order valence-electron chi connectivity index (χ3n) is 8.69. The lowest BCUT2D eigenvalue weighted by Crippen LogP contribution is -2.26. The lowest BCUT2D eigenvalue weighted by atomic mass is 9.74. The van der Waals surface area contributed by atoms with Crippen molar-refractivity contribution < 1.29 is 0 Å². The van der Waals surface area contributed by atoms with Gasteiger partial charge in [-0.15, -0.1) is 11.3 Å². The number of allylic oxidation sites excluding steroid dienone is 1. The van der Waals surface area contributed by atoms with Gasteiger partial charge in [0.05, 0.1) is 16.8 Å². The van der Waals surface area contributed by atoms with Gasteiger partial charge in [-0.2, -0.15) is 0 Å². The van der Waals surface area contributed by atoms with Crippen LogP contribution in [0.3, 0.4) is 0 Å². The first-order valence-electron chi connectivity index (χ1n) is 14.5. The lowest BCUT2D eigenvalue weighted by molar-refractivity contribution is 0.573. The molecule has 0 N–H and O–H groups in total. The molecule has 0 saturated heterocycles. The van der Waals surface area contributed by atoms with E-state index < -0.39 is 0 Å². The molecule has 0 fully saturated rings. The fourth-order valence-corrected chi connectivity index (χ4v) is 7.79. The maximum absolute atomic E-state index is 4.78. The smallest absolute Gasteiger partial charge is 0.0716 e. The zero-order valence-electron chi connectivity index (χ0n) is 23.5. The van der Waals surface area contributed by atoms with Crippen molar-refractivity contribution in [3.63, 3.8) is 0 Å². The molecule has 0 saturated carbocycles. The van der Waals surface area contributed by atoms with Crippen molar-refractivity contribution in [1.82, 2.24) is 4.57 Å². The van der Waals surface area contributed by atoms with Crippen LogP contribution in [0, 0.1) is 0 Å². The van der Waals surface area contributed by atoms with Crippen LogP contribution in [0.5, 0.6) is 0 Å². The van der Waals surface area contributed by atoms with E-state index in [-0.39, 0.29) is 5.41 Å². The average Bonchev–Trinajstić information content (AvgIpc) is 3.57. The Kier molecular flexibility index (Phi) is 5.94. The predicted molar refractivity (Wildman–Crippen MR) is 180 cm³/mol. The second kappa shape index (κ2) is 9.97. The quantitative estimate of drug-likeness (QED) is 0.187. The minimum atomic E-state index is -0.0889. The van der Waals surface area contributed by atoms with Crippen LogP contribution in [0.1, 0.15) is 34.9 Å². The minimum absolute atomic E-state index is 0.0889. The summed E-state index contributed by atoms with van der Waals surface area (Å²) < 4.78 is 5.22. The highest BCUT2D eigenvalue weighted by Crippen LogP contribution is 2.46. The Hall–Kier alpha value is -4.73. The molecule has 1 atom stereocenters. The Morgan fingerprint density at radius 1 is 0.786 bits per heavy atom. The molecule has 0 bridgehead atoms. The van der Waals surface area contributed by atoms with E-state index in [1.807, 2.05) is 23.6 Å². The number of hydrogen-bond acceptors (Lipinski definition) is 2. The van der Waals surface area contributed by atoms with Crippen LogP contribution in [0.4, 0.5) is 0 Å². The van der Waals surface area contributed by atoms with Gasteiger partial charge in [-0.25, -0.2) is 0 Å². The number of fused-ring (bicyclic) bond motifs is 7. The van der Waals surface area contributed by atoms with Crippen molar-refractivity contribution >= 4 is 54.7 Å². The molecular formula is C39H30N2S. The maximum Gasteiger partial charge on any atom is 0.0716 e. The van der Waals surface area contributed by atoms with Crippen LogP contribution in [0.2, 0.25) is 0 Å². The number of hydrogen-bond donors (Lipinski definition) is 0. The van der Waals surface area contributed by atoms with E-state index in [1.165, 1.54) is 59.1 Å². The first-order valence-corrected chi connectivity index (χ1v) is 15.4. The van der Waals surface area contributed by atoms with E-state index >= 15 is 0 Å². The molecule has 1 unspecified atom stereocenters. The van der Waals surface area contributed by atoms with Gasteiger partial charge in [-0.3, -0.25) is 4.99 Å². The Morgan fingerprint density at radius 2 is 1.55 bits per heavy atom. The van der Waals surface area contributed by atoms with Crippen molar-refractivity contribution in [2.24, 2.45) is 4.99 Å². The van der Waals surface area contributed by atoms with Gasteiger partial charge in [0, 0.05) is 55.9 Å². The van der Waals surface area contributed by atoms with Gasteiger partial charge >= 0.3 is 0 Å². The molecule has 2 heterocycles. The van der Waals surface area contributed by atoms with E-state index in [4.69, 9.17) is 4.99 Å². The fraction of sp³-hybridized carbons (Fsp3) is 0.103. The summed E-state index contributed by atoms with van der Waals surface area (Å²) in [6.07, 6.45) is 7.72. The van der Waals surface area contributed by atoms with Gasteiger partial charge in [0.25, 0.3) is 0 Å². The Morgan fingerprint density at radius 3 is 2.40 bits per heavy atom. The first-order chi connectivity index (χ1) is 20.7. The molecule has 0 aliphatic heterocycles. The van der Waals surface area contributed by atoms with E-state index in [2.05, 4.69) is 139 Å². The summed E-state index contributed by atoms with van der Waals surface area (Å²) in [5, 5.41) is 3.98. The number of aliphatic imine (C=N–C) groups is 1. The molecule has 0 spiro atoms. The summed E-state index contributed by atoms with van der Waals surface area (Å²) in [6.45, 7) is 3.04. The summed E-state index contributed by atoms with van der Waals surface area (Å²) >= 11 is 1.90. The third-order valence-corrected chi connectivity index (χ3v) is 9.88. The predicted octanol–water partition coefficient (Wildman–Crippen LogP) is 10.1. The molecule has 3 heteroatoms. The zero-order chi connectivity index (χ0) is 28.1. The largest absolute Gasteiger partial charge is 0.311 e. The Bertz CT molecular complexity index is 2150. The molecule has 202 valence electrons. The molecule has 1 aliphatic rings. The summed E-state index contributed by atoms with van der Waals surface area (Å²) in [5.41, 5.74) is 8.77. The average molecular weight is 559 g/mol. The van der Waals surface area contributed by atoms with Crippen LogP contribution in [0.25, 0.3) is 42.8 Å². The number of rotatable bonds is 5. The van der Waals surface area contributed by atoms with Gasteiger partial charge in [-0.1, -0.05) is 122 Å². The van der Waals surface area contributed by atoms with Crippen LogP contribution in [0.15, 0.2) is 132 Å². The molecule has 0 radical (unpaired) electrons. The molecule has 8 rings (SSSR count). The normalized spacial score (nSPS) is 16.6. The van der Waals surface area contributed by atoms with Crippen molar-refractivity contribution in [2.75, 3.05) is 0 Å². The van der Waals surface area contributed by atoms with E-state index in [0.29, 0.717) is 6.54 Å². The standard InChI is InChI=1S/C39H30N2S/c1-39(29-14-6-3-7-15-29)22-21-31-33-19-20-34-32-17-8-9-18-36(32)42-38(34)37(33)41(35(31)24-39)30-16-10-13-28(23-30)26-40-25-27-11-4-2-5-12-27/h2-23,26H,24-25H2,1H3/b40-26+. The number of aromatic nitrogens is 1. The van der Waals surface area contributed by atoms with Gasteiger partial charge in [-0.05, 0) is 34.9 Å². The van der Waals surface area contributed by atoms with Crippen molar-refractivity contribution in [3.8, 4) is 5.69 Å². The maximum atomic E-state index is 4.78. The van der Waals surface area contributed by atoms with Gasteiger partial charge in [0.2, 0.25) is 0 Å². The fourth-order valence-electron chi connectivity index (χ4n) is 6.55. The Balaban J connectivity index is 1.33. The Labute approximate surface area is 249 Å². The number of benzene rings is 5. The number of thiophene rings is 1. The minimum Gasteiger partial charge on any atom is -0.311 e. The van der Waals surface area contributed by atoms with Crippen molar-refractivity contribution in [3.05, 3.63) is 155 Å². The molecule has 2 aromatic heterocycles. The van der Waals surface area contributed by atoms with Gasteiger partial charge in [0.1, 0.15) is 0 Å². The highest BCUT2D eigenvalue weighted by atomic mass is 32.1. The molecule has 5 aromatic carbocycles. The zero-order valence-corrected chi connectivity index (χ0v) is 24.3. The van der Waals surface area contributed by atoms with Crippen LogP contribution in [-0.4, -0.2) is 10.8 Å². The molecule has 2 nitrogen and oxygen atoms in total. The van der Waals surface area contributed by atoms with Crippen LogP contribution < -0.4 is 0 Å². The number of nitrogens with zero attached hydrogens (tertiary/aromatic N) is 2. The van der Waals surface area contributed by atoms with Gasteiger partial charge in [0.15, 0.2) is 0 Å². The van der Waals surface area contributed by atoms with Crippen LogP contribution >= 0.6 is 11.3 Å². The van der Waals surface area contributed by atoms with E-state index in [0.717, 1.165) is 12.0 Å². The lowest BCUT2D eigenvalue weighted by Gasteiger charge is -2.31. The SMILES string of the molecule is CC1(c2ccccc2)C=Cc2c(n(-c3cccc(/C=N/Cc4ccccc4)c3)c3c2ccc2c4ccccc4sc23)C1. The summed E-state index contributed by atoms with van der Waals surface area (Å²) in [6, 6.07) is 43.7. The summed E-state index contributed by atoms with van der Waals surface area (Å²) in [7, 11) is 0. The summed E-state index contributed by atoms with van der Waals surface area (Å²) in [4.78, 5) is 4.78. The third kappa shape index (κ3) is 4.12. The molecule has 0 amide bonds. The van der Waals surface area contributed by atoms with Crippen molar-refractivity contribution in [1.29, 1.82) is 0 Å². The molecular weight excluding hydrogens is 529 g/mol. The topological polar surface area (TPSA) is 17.3 Å². The van der Waals surface area contributed by atoms with E-state index in [9.17, 15) is 0 Å². The second-order valence-electron chi connectivity index (χ2n) is 11.5. The first kappa shape index (κ1) is 25.0. The van der Waals surface area contributed by atoms with Gasteiger partial charge < -0.3 is 4.57 Å². The monoisotopic (exact) mass is 558 g/mol. The molecule has 1 aliphatic carbocycles. The second-order valence-corrected chi connectivity index (χ2v) is 12.5. The van der Waals surface area contributed by atoms with Crippen molar-refractivity contribution in [2.45, 2.75) is 25.3 Å². The van der Waals surface area contributed by atoms with Crippen LogP contribution in [-0.2, 0) is 18.4 Å². The molecule has 42 heavy (non-hydrogen) atoms. The highest BCUT2D eigenvalue weighted by molar-refractivity contribution is 7.26.